The zero-order chi connectivity index (χ0) is 18.5. The van der Waals surface area contributed by atoms with Crippen LogP contribution in [0.2, 0.25) is 5.02 Å². The number of ether oxygens (including phenoxy) is 1. The maximum atomic E-state index is 14.1. The molecule has 0 spiro atoms. The summed E-state index contributed by atoms with van der Waals surface area (Å²) >= 11 is 7.28. The van der Waals surface area contributed by atoms with Crippen molar-refractivity contribution in [1.82, 2.24) is 0 Å². The largest absolute Gasteiger partial charge is 0.465 e. The van der Waals surface area contributed by atoms with Gasteiger partial charge in [0.15, 0.2) is 0 Å². The van der Waals surface area contributed by atoms with Gasteiger partial charge in [0.1, 0.15) is 11.1 Å². The van der Waals surface area contributed by atoms with Crippen molar-refractivity contribution in [2.75, 3.05) is 11.9 Å². The van der Waals surface area contributed by atoms with Crippen molar-refractivity contribution in [2.45, 2.75) is 51.2 Å². The number of halogens is 2. The van der Waals surface area contributed by atoms with Gasteiger partial charge in [-0.1, -0.05) is 39.3 Å². The smallest absolute Gasteiger partial charge is 0.319 e. The molecule has 1 rings (SSSR count). The molecule has 1 unspecified atom stereocenters. The highest BCUT2D eigenvalue weighted by Crippen LogP contribution is 2.36. The van der Waals surface area contributed by atoms with E-state index in [1.54, 1.807) is 27.7 Å². The molecule has 0 aliphatic carbocycles. The van der Waals surface area contributed by atoms with E-state index in [0.29, 0.717) is 17.9 Å². The average Bonchev–Trinajstić information content (AvgIpc) is 2.47. The molecule has 1 aromatic rings. The highest BCUT2D eigenvalue weighted by atomic mass is 35.5. The van der Waals surface area contributed by atoms with Gasteiger partial charge in [-0.05, 0) is 25.5 Å². The first-order valence-corrected chi connectivity index (χ1v) is 8.99. The molecule has 24 heavy (non-hydrogen) atoms. The fourth-order valence-electron chi connectivity index (χ4n) is 1.71. The van der Waals surface area contributed by atoms with E-state index in [-0.39, 0.29) is 22.6 Å². The molecule has 0 heterocycles. The standard InChI is InChI=1S/C17H23ClFNO3S/c1-6-13(15(21)23-7-2)24-14-9-12(11(19)8-10(14)18)20-16(22)17(3,4)5/h8-9,13H,6-7H2,1-5H3,(H,20,22). The first-order valence-electron chi connectivity index (χ1n) is 7.73. The number of amides is 1. The van der Waals surface area contributed by atoms with Crippen LogP contribution in [0.15, 0.2) is 17.0 Å². The molecular formula is C17H23ClFNO3S. The molecule has 0 saturated carbocycles. The fourth-order valence-corrected chi connectivity index (χ4v) is 2.99. The highest BCUT2D eigenvalue weighted by Gasteiger charge is 2.24. The van der Waals surface area contributed by atoms with Gasteiger partial charge in [-0.2, -0.15) is 0 Å². The molecule has 0 fully saturated rings. The summed E-state index contributed by atoms with van der Waals surface area (Å²) in [6, 6.07) is 2.59. The summed E-state index contributed by atoms with van der Waals surface area (Å²) in [4.78, 5) is 24.5. The third-order valence-corrected chi connectivity index (χ3v) is 4.97. The minimum Gasteiger partial charge on any atom is -0.465 e. The predicted molar refractivity (Wildman–Crippen MR) is 96.1 cm³/mol. The molecule has 1 N–H and O–H groups in total. The normalized spacial score (nSPS) is 12.6. The van der Waals surface area contributed by atoms with Crippen LogP contribution >= 0.6 is 23.4 Å². The number of hydrogen-bond acceptors (Lipinski definition) is 4. The SMILES string of the molecule is CCOC(=O)C(CC)Sc1cc(NC(=O)C(C)(C)C)c(F)cc1Cl. The summed E-state index contributed by atoms with van der Waals surface area (Å²) in [5.41, 5.74) is -0.614. The zero-order valence-electron chi connectivity index (χ0n) is 14.5. The second kappa shape index (κ2) is 8.72. The van der Waals surface area contributed by atoms with Crippen molar-refractivity contribution in [1.29, 1.82) is 0 Å². The molecule has 1 atom stereocenters. The molecule has 0 aliphatic rings. The number of benzene rings is 1. The maximum Gasteiger partial charge on any atom is 0.319 e. The third kappa shape index (κ3) is 5.67. The van der Waals surface area contributed by atoms with Gasteiger partial charge in [-0.25, -0.2) is 4.39 Å². The molecule has 4 nitrogen and oxygen atoms in total. The van der Waals surface area contributed by atoms with Crippen molar-refractivity contribution in [2.24, 2.45) is 5.41 Å². The third-order valence-electron chi connectivity index (χ3n) is 3.14. The van der Waals surface area contributed by atoms with E-state index < -0.39 is 16.5 Å². The number of hydrogen-bond donors (Lipinski definition) is 1. The van der Waals surface area contributed by atoms with Crippen LogP contribution in [0.3, 0.4) is 0 Å². The van der Waals surface area contributed by atoms with Crippen LogP contribution < -0.4 is 5.32 Å². The van der Waals surface area contributed by atoms with Gasteiger partial charge in [-0.15, -0.1) is 11.8 Å². The zero-order valence-corrected chi connectivity index (χ0v) is 16.1. The van der Waals surface area contributed by atoms with Gasteiger partial charge in [0, 0.05) is 10.3 Å². The van der Waals surface area contributed by atoms with Crippen LogP contribution in [0, 0.1) is 11.2 Å². The lowest BCUT2D eigenvalue weighted by molar-refractivity contribution is -0.142. The van der Waals surface area contributed by atoms with E-state index in [0.717, 1.165) is 6.07 Å². The number of rotatable bonds is 6. The minimum absolute atomic E-state index is 0.0422. The molecular weight excluding hydrogens is 353 g/mol. The number of thioether (sulfide) groups is 1. The van der Waals surface area contributed by atoms with Gasteiger partial charge in [0.2, 0.25) is 5.91 Å². The first-order chi connectivity index (χ1) is 11.1. The van der Waals surface area contributed by atoms with Gasteiger partial charge in [0.05, 0.1) is 17.3 Å². The van der Waals surface area contributed by atoms with E-state index in [9.17, 15) is 14.0 Å². The number of carbonyl (C=O) groups excluding carboxylic acids is 2. The first kappa shape index (κ1) is 20.8. The van der Waals surface area contributed by atoms with Gasteiger partial charge in [-0.3, -0.25) is 9.59 Å². The molecule has 0 bridgehead atoms. The van der Waals surface area contributed by atoms with E-state index in [1.807, 2.05) is 6.92 Å². The van der Waals surface area contributed by atoms with Crippen molar-refractivity contribution in [3.63, 3.8) is 0 Å². The summed E-state index contributed by atoms with van der Waals surface area (Å²) < 4.78 is 19.1. The summed E-state index contributed by atoms with van der Waals surface area (Å²) in [6.45, 7) is 9.09. The summed E-state index contributed by atoms with van der Waals surface area (Å²) in [5.74, 6) is -1.27. The molecule has 1 amide bonds. The number of carbonyl (C=O) groups is 2. The van der Waals surface area contributed by atoms with Crippen molar-refractivity contribution < 1.29 is 18.7 Å². The quantitative estimate of drug-likeness (QED) is 0.567. The van der Waals surface area contributed by atoms with E-state index in [1.165, 1.54) is 17.8 Å². The monoisotopic (exact) mass is 375 g/mol. The number of anilines is 1. The van der Waals surface area contributed by atoms with E-state index in [4.69, 9.17) is 16.3 Å². The minimum atomic E-state index is -0.656. The molecule has 0 aliphatic heterocycles. The van der Waals surface area contributed by atoms with Crippen LogP contribution in [-0.2, 0) is 14.3 Å². The van der Waals surface area contributed by atoms with Gasteiger partial charge >= 0.3 is 5.97 Å². The van der Waals surface area contributed by atoms with Crippen molar-refractivity contribution in [3.8, 4) is 0 Å². The van der Waals surface area contributed by atoms with Crippen LogP contribution in [0.5, 0.6) is 0 Å². The predicted octanol–water partition coefficient (Wildman–Crippen LogP) is 4.90. The molecule has 7 heteroatoms. The summed E-state index contributed by atoms with van der Waals surface area (Å²) in [7, 11) is 0. The number of nitrogens with one attached hydrogen (secondary N) is 1. The summed E-state index contributed by atoms with van der Waals surface area (Å²) in [6.07, 6.45) is 0.543. The fraction of sp³-hybridized carbons (Fsp3) is 0.529. The van der Waals surface area contributed by atoms with E-state index >= 15 is 0 Å². The van der Waals surface area contributed by atoms with Crippen LogP contribution in [0.25, 0.3) is 0 Å². The van der Waals surface area contributed by atoms with Crippen LogP contribution in [-0.4, -0.2) is 23.7 Å². The van der Waals surface area contributed by atoms with Gasteiger partial charge in [0.25, 0.3) is 0 Å². The Bertz CT molecular complexity index is 617. The Hall–Kier alpha value is -1.27. The van der Waals surface area contributed by atoms with Gasteiger partial charge < -0.3 is 10.1 Å². The highest BCUT2D eigenvalue weighted by molar-refractivity contribution is 8.00. The Kier molecular flexibility index (Phi) is 7.55. The lowest BCUT2D eigenvalue weighted by atomic mass is 9.95. The summed E-state index contributed by atoms with van der Waals surface area (Å²) in [5, 5.41) is 2.30. The van der Waals surface area contributed by atoms with Crippen LogP contribution in [0.4, 0.5) is 10.1 Å². The Morgan fingerprint density at radius 2 is 1.96 bits per heavy atom. The average molecular weight is 376 g/mol. The second-order valence-corrected chi connectivity index (χ2v) is 7.89. The Balaban J connectivity index is 3.06. The topological polar surface area (TPSA) is 55.4 Å². The molecule has 0 saturated heterocycles. The molecule has 0 aromatic heterocycles. The lowest BCUT2D eigenvalue weighted by Gasteiger charge is -2.19. The molecule has 0 radical (unpaired) electrons. The van der Waals surface area contributed by atoms with Crippen molar-refractivity contribution >= 4 is 40.9 Å². The number of esters is 1. The second-order valence-electron chi connectivity index (χ2n) is 6.23. The lowest BCUT2D eigenvalue weighted by Crippen LogP contribution is -2.28. The maximum absolute atomic E-state index is 14.1. The molecule has 134 valence electrons. The van der Waals surface area contributed by atoms with Crippen molar-refractivity contribution in [3.05, 3.63) is 23.0 Å². The Morgan fingerprint density at radius 3 is 2.46 bits per heavy atom. The molecule has 1 aromatic carbocycles. The Labute approximate surface area is 151 Å². The Morgan fingerprint density at radius 1 is 1.33 bits per heavy atom. The van der Waals surface area contributed by atoms with E-state index in [2.05, 4.69) is 5.32 Å². The van der Waals surface area contributed by atoms with Crippen LogP contribution in [0.1, 0.15) is 41.0 Å².